The van der Waals surface area contributed by atoms with Crippen LogP contribution in [0.4, 0.5) is 17.1 Å². The number of carbonyl (C=O) groups excluding carboxylic acids is 3. The largest absolute Gasteiger partial charge is 0.378 e. The third-order valence-electron chi connectivity index (χ3n) is 4.66. The summed E-state index contributed by atoms with van der Waals surface area (Å²) >= 11 is 0. The number of hydrogen-bond donors (Lipinski definition) is 3. The molecular formula is C22H26N4O4. The zero-order valence-electron chi connectivity index (χ0n) is 16.9. The lowest BCUT2D eigenvalue weighted by molar-refractivity contribution is -0.136. The van der Waals surface area contributed by atoms with Crippen molar-refractivity contribution in [2.45, 2.75) is 13.3 Å². The average molecular weight is 410 g/mol. The van der Waals surface area contributed by atoms with Gasteiger partial charge in [0.1, 0.15) is 0 Å². The van der Waals surface area contributed by atoms with E-state index in [1.54, 1.807) is 24.3 Å². The molecule has 8 heteroatoms. The van der Waals surface area contributed by atoms with Crippen molar-refractivity contribution in [2.75, 3.05) is 48.4 Å². The van der Waals surface area contributed by atoms with Crippen LogP contribution in [0.15, 0.2) is 48.5 Å². The Kier molecular flexibility index (Phi) is 7.40. The summed E-state index contributed by atoms with van der Waals surface area (Å²) in [4.78, 5) is 37.5. The topological polar surface area (TPSA) is 99.8 Å². The molecule has 0 bridgehead atoms. The quantitative estimate of drug-likeness (QED) is 0.631. The first kappa shape index (κ1) is 21.3. The van der Waals surface area contributed by atoms with E-state index in [1.807, 2.05) is 12.1 Å². The van der Waals surface area contributed by atoms with E-state index in [2.05, 4.69) is 33.0 Å². The van der Waals surface area contributed by atoms with Gasteiger partial charge in [-0.2, -0.15) is 0 Å². The van der Waals surface area contributed by atoms with Gasteiger partial charge in [0, 0.05) is 43.6 Å². The average Bonchev–Trinajstić information content (AvgIpc) is 2.74. The number of ether oxygens (including phenoxy) is 1. The van der Waals surface area contributed by atoms with E-state index in [1.165, 1.54) is 6.92 Å². The zero-order valence-corrected chi connectivity index (χ0v) is 16.9. The minimum absolute atomic E-state index is 0.214. The summed E-state index contributed by atoms with van der Waals surface area (Å²) in [6, 6.07) is 14.8. The molecule has 0 radical (unpaired) electrons. The monoisotopic (exact) mass is 410 g/mol. The number of carbonyl (C=O) groups is 3. The summed E-state index contributed by atoms with van der Waals surface area (Å²) in [6.07, 6.45) is 0.625. The number of anilines is 3. The molecule has 3 rings (SSSR count). The van der Waals surface area contributed by atoms with Crippen LogP contribution in [0.25, 0.3) is 0 Å². The molecule has 0 atom stereocenters. The van der Waals surface area contributed by atoms with Crippen LogP contribution >= 0.6 is 0 Å². The van der Waals surface area contributed by atoms with Crippen molar-refractivity contribution >= 4 is 34.8 Å². The third kappa shape index (κ3) is 6.31. The van der Waals surface area contributed by atoms with Gasteiger partial charge in [-0.3, -0.25) is 14.4 Å². The Morgan fingerprint density at radius 3 is 2.27 bits per heavy atom. The highest BCUT2D eigenvalue weighted by atomic mass is 16.5. The van der Waals surface area contributed by atoms with Gasteiger partial charge in [0.25, 0.3) is 0 Å². The number of nitrogens with zero attached hydrogens (tertiary/aromatic N) is 1. The second kappa shape index (κ2) is 10.4. The van der Waals surface area contributed by atoms with Crippen LogP contribution in [0.5, 0.6) is 0 Å². The molecule has 0 spiro atoms. The second-order valence-electron chi connectivity index (χ2n) is 6.99. The number of rotatable bonds is 6. The van der Waals surface area contributed by atoms with Crippen molar-refractivity contribution in [3.63, 3.8) is 0 Å². The van der Waals surface area contributed by atoms with E-state index in [4.69, 9.17) is 4.74 Å². The molecule has 1 aliphatic rings. The Labute approximate surface area is 175 Å². The molecule has 158 valence electrons. The van der Waals surface area contributed by atoms with Crippen molar-refractivity contribution < 1.29 is 19.1 Å². The number of morpholine rings is 1. The van der Waals surface area contributed by atoms with Crippen LogP contribution in [-0.4, -0.2) is 50.6 Å². The Morgan fingerprint density at radius 2 is 1.60 bits per heavy atom. The number of hydrogen-bond acceptors (Lipinski definition) is 5. The number of benzene rings is 2. The summed E-state index contributed by atoms with van der Waals surface area (Å²) in [5.41, 5.74) is 3.21. The first-order valence-corrected chi connectivity index (χ1v) is 9.90. The maximum Gasteiger partial charge on any atom is 0.313 e. The molecule has 2 aromatic rings. The van der Waals surface area contributed by atoms with Crippen molar-refractivity contribution in [1.82, 2.24) is 5.32 Å². The molecule has 3 N–H and O–H groups in total. The lowest BCUT2D eigenvalue weighted by Crippen LogP contribution is -2.36. The first-order valence-electron chi connectivity index (χ1n) is 9.90. The van der Waals surface area contributed by atoms with E-state index < -0.39 is 11.8 Å². The smallest absolute Gasteiger partial charge is 0.313 e. The Bertz CT molecular complexity index is 892. The highest BCUT2D eigenvalue weighted by Crippen LogP contribution is 2.17. The Balaban J connectivity index is 1.44. The van der Waals surface area contributed by atoms with Crippen molar-refractivity contribution in [3.8, 4) is 0 Å². The fraction of sp³-hybridized carbons (Fsp3) is 0.318. The molecule has 30 heavy (non-hydrogen) atoms. The number of amides is 3. The molecule has 1 fully saturated rings. The van der Waals surface area contributed by atoms with E-state index >= 15 is 0 Å². The van der Waals surface area contributed by atoms with Crippen molar-refractivity contribution in [3.05, 3.63) is 54.1 Å². The molecule has 8 nitrogen and oxygen atoms in total. The molecule has 0 saturated carbocycles. The van der Waals surface area contributed by atoms with Crippen molar-refractivity contribution in [1.29, 1.82) is 0 Å². The van der Waals surface area contributed by atoms with Gasteiger partial charge < -0.3 is 25.6 Å². The molecule has 1 aliphatic heterocycles. The van der Waals surface area contributed by atoms with Gasteiger partial charge in [-0.25, -0.2) is 0 Å². The SMILES string of the molecule is CC(=O)Nc1cccc(NC(=O)C(=O)NCCc2ccc(N3CCOCC3)cc2)c1. The minimum atomic E-state index is -0.752. The molecule has 0 aliphatic carbocycles. The highest BCUT2D eigenvalue weighted by molar-refractivity contribution is 6.39. The maximum absolute atomic E-state index is 12.1. The van der Waals surface area contributed by atoms with E-state index in [0.29, 0.717) is 24.3 Å². The molecule has 1 heterocycles. The van der Waals surface area contributed by atoms with Crippen molar-refractivity contribution in [2.24, 2.45) is 0 Å². The minimum Gasteiger partial charge on any atom is -0.378 e. The lowest BCUT2D eigenvalue weighted by atomic mass is 10.1. The molecule has 2 aromatic carbocycles. The first-order chi connectivity index (χ1) is 14.5. The summed E-state index contributed by atoms with van der Waals surface area (Å²) < 4.78 is 5.37. The van der Waals surface area contributed by atoms with E-state index in [0.717, 1.165) is 37.6 Å². The summed E-state index contributed by atoms with van der Waals surface area (Å²) in [6.45, 7) is 5.02. The van der Waals surface area contributed by atoms with Crippen LogP contribution < -0.4 is 20.9 Å². The normalized spacial score (nSPS) is 13.4. The Morgan fingerprint density at radius 1 is 0.933 bits per heavy atom. The van der Waals surface area contributed by atoms with Gasteiger partial charge in [0.2, 0.25) is 5.91 Å². The second-order valence-corrected chi connectivity index (χ2v) is 6.99. The predicted molar refractivity (Wildman–Crippen MR) is 116 cm³/mol. The molecule has 1 saturated heterocycles. The van der Waals surface area contributed by atoms with Crippen LogP contribution in [0.2, 0.25) is 0 Å². The molecule has 0 aromatic heterocycles. The van der Waals surface area contributed by atoms with Gasteiger partial charge in [0.15, 0.2) is 0 Å². The van der Waals surface area contributed by atoms with Gasteiger partial charge in [-0.05, 0) is 42.3 Å². The summed E-state index contributed by atoms with van der Waals surface area (Å²) in [5.74, 6) is -1.67. The van der Waals surface area contributed by atoms with Crippen LogP contribution in [0.3, 0.4) is 0 Å². The maximum atomic E-state index is 12.1. The van der Waals surface area contributed by atoms with E-state index in [9.17, 15) is 14.4 Å². The Hall–Kier alpha value is -3.39. The van der Waals surface area contributed by atoms with Gasteiger partial charge >= 0.3 is 11.8 Å². The zero-order chi connectivity index (χ0) is 21.3. The van der Waals surface area contributed by atoms with Crippen LogP contribution in [0.1, 0.15) is 12.5 Å². The van der Waals surface area contributed by atoms with Crippen LogP contribution in [0, 0.1) is 0 Å². The summed E-state index contributed by atoms with van der Waals surface area (Å²) in [7, 11) is 0. The van der Waals surface area contributed by atoms with Crippen LogP contribution in [-0.2, 0) is 25.5 Å². The predicted octanol–water partition coefficient (Wildman–Crippen LogP) is 1.78. The molecule has 3 amide bonds. The van der Waals surface area contributed by atoms with Gasteiger partial charge in [0.05, 0.1) is 13.2 Å². The lowest BCUT2D eigenvalue weighted by Gasteiger charge is -2.28. The highest BCUT2D eigenvalue weighted by Gasteiger charge is 2.14. The number of nitrogens with one attached hydrogen (secondary N) is 3. The fourth-order valence-corrected chi connectivity index (χ4v) is 3.16. The molecular weight excluding hydrogens is 384 g/mol. The third-order valence-corrected chi connectivity index (χ3v) is 4.66. The van der Waals surface area contributed by atoms with Gasteiger partial charge in [-0.15, -0.1) is 0 Å². The summed E-state index contributed by atoms with van der Waals surface area (Å²) in [5, 5.41) is 7.78. The standard InChI is InChI=1S/C22H26N4O4/c1-16(27)24-18-3-2-4-19(15-18)25-22(29)21(28)23-10-9-17-5-7-20(8-6-17)26-11-13-30-14-12-26/h2-8,15H,9-14H2,1H3,(H,23,28)(H,24,27)(H,25,29). The van der Waals surface area contributed by atoms with E-state index in [-0.39, 0.29) is 5.91 Å². The van der Waals surface area contributed by atoms with Gasteiger partial charge in [-0.1, -0.05) is 18.2 Å². The fourth-order valence-electron chi connectivity index (χ4n) is 3.16. The molecule has 0 unspecified atom stereocenters.